The molecule has 1 aliphatic heterocycles. The molecule has 2 unspecified atom stereocenters. The maximum absolute atomic E-state index is 13.4. The molecule has 140 valence electrons. The molecule has 1 amide bonds. The third kappa shape index (κ3) is 2.33. The first-order chi connectivity index (χ1) is 13.6. The highest BCUT2D eigenvalue weighted by atomic mass is 32.1. The molecule has 0 spiro atoms. The zero-order valence-corrected chi connectivity index (χ0v) is 16.3. The van der Waals surface area contributed by atoms with Crippen molar-refractivity contribution in [3.8, 4) is 0 Å². The fourth-order valence-corrected chi connectivity index (χ4v) is 4.86. The SMILES string of the molecule is CC1C(c2csc3nc4ccccc4c(=O)n23)C(=O)N(c2ccccc2)N1C. The number of amides is 1. The molecule has 6 nitrogen and oxygen atoms in total. The average molecular weight is 390 g/mol. The van der Waals surface area contributed by atoms with Crippen molar-refractivity contribution in [1.82, 2.24) is 14.4 Å². The molecule has 2 atom stereocenters. The van der Waals surface area contributed by atoms with Crippen LogP contribution in [0.3, 0.4) is 0 Å². The number of carbonyl (C=O) groups is 1. The lowest BCUT2D eigenvalue weighted by Crippen LogP contribution is -2.38. The van der Waals surface area contributed by atoms with Gasteiger partial charge in [-0.2, -0.15) is 0 Å². The summed E-state index contributed by atoms with van der Waals surface area (Å²) in [6.07, 6.45) is 0. The molecule has 0 saturated carbocycles. The van der Waals surface area contributed by atoms with E-state index in [1.807, 2.05) is 72.9 Å². The van der Waals surface area contributed by atoms with E-state index in [2.05, 4.69) is 4.98 Å². The maximum Gasteiger partial charge on any atom is 0.266 e. The fraction of sp³-hybridized carbons (Fsp3) is 0.190. The first-order valence-electron chi connectivity index (χ1n) is 9.08. The van der Waals surface area contributed by atoms with E-state index in [4.69, 9.17) is 0 Å². The molecule has 1 fully saturated rings. The summed E-state index contributed by atoms with van der Waals surface area (Å²) in [5.74, 6) is -0.486. The molecular weight excluding hydrogens is 372 g/mol. The van der Waals surface area contributed by atoms with Gasteiger partial charge in [0.1, 0.15) is 0 Å². The molecule has 0 N–H and O–H groups in total. The van der Waals surface area contributed by atoms with Crippen LogP contribution in [0, 0.1) is 0 Å². The summed E-state index contributed by atoms with van der Waals surface area (Å²) in [6, 6.07) is 16.8. The van der Waals surface area contributed by atoms with Crippen molar-refractivity contribution in [2.45, 2.75) is 18.9 Å². The Bertz CT molecular complexity index is 1260. The van der Waals surface area contributed by atoms with Crippen LogP contribution in [0.15, 0.2) is 64.8 Å². The van der Waals surface area contributed by atoms with Crippen LogP contribution in [-0.2, 0) is 4.79 Å². The Morgan fingerprint density at radius 1 is 1.00 bits per heavy atom. The summed E-state index contributed by atoms with van der Waals surface area (Å²) < 4.78 is 1.61. The van der Waals surface area contributed by atoms with Crippen molar-refractivity contribution in [3.05, 3.63) is 76.0 Å². The monoisotopic (exact) mass is 390 g/mol. The van der Waals surface area contributed by atoms with E-state index in [-0.39, 0.29) is 17.5 Å². The number of benzene rings is 2. The summed E-state index contributed by atoms with van der Waals surface area (Å²) in [5, 5.41) is 6.08. The van der Waals surface area contributed by atoms with E-state index in [1.54, 1.807) is 15.5 Å². The normalized spacial score (nSPS) is 20.5. The van der Waals surface area contributed by atoms with Gasteiger partial charge in [-0.3, -0.25) is 14.0 Å². The van der Waals surface area contributed by atoms with Crippen molar-refractivity contribution in [1.29, 1.82) is 0 Å². The zero-order chi connectivity index (χ0) is 19.4. The molecule has 0 aliphatic carbocycles. The molecular formula is C21H18N4O2S. The largest absolute Gasteiger partial charge is 0.272 e. The van der Waals surface area contributed by atoms with Gasteiger partial charge in [-0.1, -0.05) is 30.3 Å². The predicted molar refractivity (Wildman–Crippen MR) is 111 cm³/mol. The average Bonchev–Trinajstić information content (AvgIpc) is 3.21. The lowest BCUT2D eigenvalue weighted by Gasteiger charge is -2.26. The van der Waals surface area contributed by atoms with Gasteiger partial charge in [0, 0.05) is 18.5 Å². The highest BCUT2D eigenvalue weighted by Gasteiger charge is 2.45. The van der Waals surface area contributed by atoms with Gasteiger partial charge < -0.3 is 0 Å². The van der Waals surface area contributed by atoms with E-state index in [1.165, 1.54) is 11.3 Å². The van der Waals surface area contributed by atoms with E-state index in [0.717, 1.165) is 5.69 Å². The van der Waals surface area contributed by atoms with Gasteiger partial charge >= 0.3 is 0 Å². The van der Waals surface area contributed by atoms with Crippen molar-refractivity contribution in [3.63, 3.8) is 0 Å². The smallest absolute Gasteiger partial charge is 0.266 e. The minimum atomic E-state index is -0.445. The van der Waals surface area contributed by atoms with E-state index in [9.17, 15) is 9.59 Å². The second kappa shape index (κ2) is 6.25. The fourth-order valence-electron chi connectivity index (χ4n) is 3.94. The third-order valence-electron chi connectivity index (χ3n) is 5.47. The van der Waals surface area contributed by atoms with Crippen LogP contribution in [0.25, 0.3) is 15.9 Å². The minimum Gasteiger partial charge on any atom is -0.272 e. The quantitative estimate of drug-likeness (QED) is 0.527. The minimum absolute atomic E-state index is 0.0408. The van der Waals surface area contributed by atoms with Crippen LogP contribution < -0.4 is 10.6 Å². The topological polar surface area (TPSA) is 57.9 Å². The molecule has 3 heterocycles. The number of anilines is 1. The summed E-state index contributed by atoms with van der Waals surface area (Å²) in [7, 11) is 1.90. The van der Waals surface area contributed by atoms with Crippen LogP contribution in [0.2, 0.25) is 0 Å². The van der Waals surface area contributed by atoms with Crippen LogP contribution in [0.1, 0.15) is 18.5 Å². The summed E-state index contributed by atoms with van der Waals surface area (Å²) >= 11 is 1.39. The molecule has 5 rings (SSSR count). The van der Waals surface area contributed by atoms with E-state index in [0.29, 0.717) is 21.6 Å². The molecule has 4 aromatic rings. The first kappa shape index (κ1) is 17.1. The number of para-hydroxylation sites is 2. The summed E-state index contributed by atoms with van der Waals surface area (Å²) in [5.41, 5.74) is 2.07. The lowest BCUT2D eigenvalue weighted by molar-refractivity contribution is -0.119. The second-order valence-corrected chi connectivity index (χ2v) is 7.83. The Balaban J connectivity index is 1.69. The van der Waals surface area contributed by atoms with Crippen molar-refractivity contribution >= 4 is 38.8 Å². The number of hydrogen-bond acceptors (Lipinski definition) is 5. The van der Waals surface area contributed by atoms with Crippen molar-refractivity contribution in [2.24, 2.45) is 0 Å². The maximum atomic E-state index is 13.4. The highest BCUT2D eigenvalue weighted by molar-refractivity contribution is 7.15. The standard InChI is InChI=1S/C21H18N4O2S/c1-13-18(20(27)25(23(13)2)14-8-4-3-5-9-14)17-12-28-21-22-16-11-7-6-10-15(16)19(26)24(17)21/h3-13,18H,1-2H3. The first-order valence-corrected chi connectivity index (χ1v) is 9.96. The van der Waals surface area contributed by atoms with Gasteiger partial charge in [-0.05, 0) is 31.2 Å². The van der Waals surface area contributed by atoms with Crippen LogP contribution >= 0.6 is 11.3 Å². The Kier molecular flexibility index (Phi) is 3.82. The molecule has 2 aromatic carbocycles. The lowest BCUT2D eigenvalue weighted by atomic mass is 9.99. The Hall–Kier alpha value is -3.03. The Labute approximate surface area is 165 Å². The van der Waals surface area contributed by atoms with Gasteiger partial charge in [0.05, 0.1) is 28.2 Å². The van der Waals surface area contributed by atoms with Crippen LogP contribution in [0.5, 0.6) is 0 Å². The number of hydrogen-bond donors (Lipinski definition) is 0. The number of rotatable bonds is 2. The number of carbonyl (C=O) groups excluding carboxylic acids is 1. The van der Waals surface area contributed by atoms with Crippen molar-refractivity contribution < 1.29 is 4.79 Å². The van der Waals surface area contributed by atoms with E-state index >= 15 is 0 Å². The third-order valence-corrected chi connectivity index (χ3v) is 6.31. The van der Waals surface area contributed by atoms with Gasteiger partial charge in [0.15, 0.2) is 4.96 Å². The Morgan fingerprint density at radius 2 is 1.71 bits per heavy atom. The van der Waals surface area contributed by atoms with Crippen LogP contribution in [0.4, 0.5) is 5.69 Å². The van der Waals surface area contributed by atoms with Gasteiger partial charge in [-0.15, -0.1) is 11.3 Å². The van der Waals surface area contributed by atoms with Gasteiger partial charge in [0.25, 0.3) is 11.5 Å². The molecule has 0 radical (unpaired) electrons. The highest BCUT2D eigenvalue weighted by Crippen LogP contribution is 2.37. The molecule has 7 heteroatoms. The number of thiazole rings is 1. The predicted octanol–water partition coefficient (Wildman–Crippen LogP) is 3.27. The number of nitrogens with zero attached hydrogens (tertiary/aromatic N) is 4. The Morgan fingerprint density at radius 3 is 2.50 bits per heavy atom. The molecule has 1 aliphatic rings. The number of hydrazine groups is 1. The summed E-state index contributed by atoms with van der Waals surface area (Å²) in [4.78, 5) is 31.8. The molecule has 0 bridgehead atoms. The summed E-state index contributed by atoms with van der Waals surface area (Å²) in [6.45, 7) is 2.01. The zero-order valence-electron chi connectivity index (χ0n) is 15.4. The van der Waals surface area contributed by atoms with Gasteiger partial charge in [-0.25, -0.2) is 15.0 Å². The second-order valence-electron chi connectivity index (χ2n) is 6.99. The molecule has 2 aromatic heterocycles. The number of fused-ring (bicyclic) bond motifs is 2. The van der Waals surface area contributed by atoms with Gasteiger partial charge in [0.2, 0.25) is 0 Å². The number of aromatic nitrogens is 2. The van der Waals surface area contributed by atoms with Crippen LogP contribution in [-0.4, -0.2) is 33.4 Å². The van der Waals surface area contributed by atoms with E-state index < -0.39 is 5.92 Å². The number of likely N-dealkylation sites (N-methyl/N-ethyl adjacent to an activating group) is 1. The van der Waals surface area contributed by atoms with Crippen molar-refractivity contribution in [2.75, 3.05) is 12.1 Å². The molecule has 28 heavy (non-hydrogen) atoms. The molecule has 1 saturated heterocycles.